The van der Waals surface area contributed by atoms with Crippen molar-refractivity contribution in [1.82, 2.24) is 10.3 Å². The molecule has 3 rings (SSSR count). The van der Waals surface area contributed by atoms with Gasteiger partial charge in [-0.25, -0.2) is 8.42 Å². The summed E-state index contributed by atoms with van der Waals surface area (Å²) in [6.07, 6.45) is 0. The fourth-order valence-corrected chi connectivity index (χ4v) is 4.05. The maximum absolute atomic E-state index is 12.8. The first-order valence-electron chi connectivity index (χ1n) is 8.21. The highest BCUT2D eigenvalue weighted by Crippen LogP contribution is 2.29. The fraction of sp³-hybridized carbons (Fsp3) is 0.105. The summed E-state index contributed by atoms with van der Waals surface area (Å²) in [6, 6.07) is 20.0. The first-order chi connectivity index (χ1) is 12.9. The summed E-state index contributed by atoms with van der Waals surface area (Å²) < 4.78 is 25.6. The third-order valence-corrected chi connectivity index (χ3v) is 5.47. The molecule has 3 N–H and O–H groups in total. The van der Waals surface area contributed by atoms with Crippen LogP contribution in [0.4, 0.5) is 11.4 Å². The molecule has 0 radical (unpaired) electrons. The van der Waals surface area contributed by atoms with E-state index >= 15 is 0 Å². The largest absolute Gasteiger partial charge is 0.377 e. The molecule has 0 heterocycles. The van der Waals surface area contributed by atoms with E-state index in [1.54, 1.807) is 18.2 Å². The van der Waals surface area contributed by atoms with E-state index < -0.39 is 10.0 Å². The Hall–Kier alpha value is -2.68. The molecule has 0 aliphatic heterocycles. The van der Waals surface area contributed by atoms with Crippen molar-refractivity contribution in [2.24, 2.45) is 0 Å². The van der Waals surface area contributed by atoms with E-state index in [1.165, 1.54) is 0 Å². The summed E-state index contributed by atoms with van der Waals surface area (Å²) >= 11 is 5.15. The summed E-state index contributed by atoms with van der Waals surface area (Å²) in [5.41, 5.74) is 4.25. The molecule has 0 atom stereocenters. The Bertz CT molecular complexity index is 1070. The Labute approximate surface area is 164 Å². The molecule has 140 valence electrons. The standard InChI is InChI=1S/C19H20N4O2S2/c1-23(2)17-12-6-11-16-15(17)10-7-13-18(16)27(24,25)22-21-19(26)20-14-8-4-3-5-9-14/h3-13,22H,1-2H3,(H2,20,21,26). The molecule has 0 fully saturated rings. The molecule has 0 spiro atoms. The van der Waals surface area contributed by atoms with Crippen LogP contribution >= 0.6 is 12.2 Å². The molecule has 0 amide bonds. The molecular formula is C19H20N4O2S2. The van der Waals surface area contributed by atoms with Gasteiger partial charge in [0.05, 0.1) is 4.90 Å². The average molecular weight is 401 g/mol. The highest BCUT2D eigenvalue weighted by Gasteiger charge is 2.18. The number of rotatable bonds is 5. The molecule has 0 saturated heterocycles. The van der Waals surface area contributed by atoms with Gasteiger partial charge in [-0.3, -0.25) is 5.43 Å². The average Bonchev–Trinajstić information content (AvgIpc) is 2.66. The van der Waals surface area contributed by atoms with Crippen LogP contribution in [0, 0.1) is 0 Å². The predicted molar refractivity (Wildman–Crippen MR) is 114 cm³/mol. The maximum atomic E-state index is 12.8. The Balaban J connectivity index is 1.83. The van der Waals surface area contributed by atoms with Crippen LogP contribution in [-0.4, -0.2) is 27.6 Å². The lowest BCUT2D eigenvalue weighted by Gasteiger charge is -2.17. The fourth-order valence-electron chi connectivity index (χ4n) is 2.74. The van der Waals surface area contributed by atoms with Crippen molar-refractivity contribution in [1.29, 1.82) is 0 Å². The molecule has 27 heavy (non-hydrogen) atoms. The highest BCUT2D eigenvalue weighted by molar-refractivity contribution is 7.89. The number of sulfonamides is 1. The van der Waals surface area contributed by atoms with Crippen molar-refractivity contribution in [2.75, 3.05) is 24.3 Å². The van der Waals surface area contributed by atoms with Gasteiger partial charge < -0.3 is 10.2 Å². The predicted octanol–water partition coefficient (Wildman–Crippen LogP) is 3.09. The van der Waals surface area contributed by atoms with Crippen LogP contribution in [0.1, 0.15) is 0 Å². The van der Waals surface area contributed by atoms with Gasteiger partial charge in [-0.15, -0.1) is 4.83 Å². The number of fused-ring (bicyclic) bond motifs is 1. The molecule has 0 aromatic heterocycles. The van der Waals surface area contributed by atoms with Crippen molar-refractivity contribution < 1.29 is 8.42 Å². The van der Waals surface area contributed by atoms with E-state index in [0.29, 0.717) is 5.39 Å². The Morgan fingerprint density at radius 2 is 1.56 bits per heavy atom. The summed E-state index contributed by atoms with van der Waals surface area (Å²) in [5.74, 6) is 0. The van der Waals surface area contributed by atoms with Crippen LogP contribution in [0.3, 0.4) is 0 Å². The van der Waals surface area contributed by atoms with Crippen molar-refractivity contribution in [2.45, 2.75) is 4.90 Å². The van der Waals surface area contributed by atoms with Crippen molar-refractivity contribution in [3.8, 4) is 0 Å². The van der Waals surface area contributed by atoms with Crippen molar-refractivity contribution in [3.63, 3.8) is 0 Å². The molecule has 3 aromatic rings. The van der Waals surface area contributed by atoms with Crippen LogP contribution in [0.5, 0.6) is 0 Å². The van der Waals surface area contributed by atoms with Crippen LogP contribution < -0.4 is 20.5 Å². The van der Waals surface area contributed by atoms with Gasteiger partial charge in [-0.2, -0.15) is 0 Å². The summed E-state index contributed by atoms with van der Waals surface area (Å²) in [4.78, 5) is 4.47. The van der Waals surface area contributed by atoms with E-state index in [4.69, 9.17) is 12.2 Å². The minimum absolute atomic E-state index is 0.152. The lowest BCUT2D eigenvalue weighted by molar-refractivity contribution is 0.578. The Morgan fingerprint density at radius 3 is 2.26 bits per heavy atom. The van der Waals surface area contributed by atoms with E-state index in [2.05, 4.69) is 15.6 Å². The van der Waals surface area contributed by atoms with Gasteiger partial charge in [0.1, 0.15) is 0 Å². The second-order valence-corrected chi connectivity index (χ2v) is 8.13. The van der Waals surface area contributed by atoms with Crippen LogP contribution in [0.25, 0.3) is 10.8 Å². The molecule has 0 bridgehead atoms. The third kappa shape index (κ3) is 4.36. The number of nitrogens with zero attached hydrogens (tertiary/aromatic N) is 1. The smallest absolute Gasteiger partial charge is 0.257 e. The molecule has 3 aromatic carbocycles. The van der Waals surface area contributed by atoms with E-state index in [0.717, 1.165) is 16.8 Å². The molecule has 0 aliphatic rings. The van der Waals surface area contributed by atoms with Gasteiger partial charge >= 0.3 is 0 Å². The number of hydrazine groups is 1. The van der Waals surface area contributed by atoms with Gasteiger partial charge in [-0.05, 0) is 36.5 Å². The van der Waals surface area contributed by atoms with E-state index in [9.17, 15) is 8.42 Å². The number of hydrogen-bond donors (Lipinski definition) is 3. The van der Waals surface area contributed by atoms with Crippen molar-refractivity contribution >= 4 is 49.5 Å². The Morgan fingerprint density at radius 1 is 0.889 bits per heavy atom. The number of nitrogens with one attached hydrogen (secondary N) is 3. The Kier molecular flexibility index (Phi) is 5.59. The van der Waals surface area contributed by atoms with Crippen LogP contribution in [-0.2, 0) is 10.0 Å². The normalized spacial score (nSPS) is 11.2. The number of anilines is 2. The quantitative estimate of drug-likeness (QED) is 0.452. The zero-order chi connectivity index (χ0) is 19.4. The second kappa shape index (κ2) is 7.91. The van der Waals surface area contributed by atoms with Gasteiger partial charge in [0, 0.05) is 36.2 Å². The first kappa shape index (κ1) is 19.1. The molecular weight excluding hydrogens is 380 g/mol. The molecule has 0 unspecified atom stereocenters. The van der Waals surface area contributed by atoms with Crippen molar-refractivity contribution in [3.05, 3.63) is 66.7 Å². The molecule has 8 heteroatoms. The summed E-state index contributed by atoms with van der Waals surface area (Å²) in [6.45, 7) is 0. The zero-order valence-corrected chi connectivity index (χ0v) is 16.6. The zero-order valence-electron chi connectivity index (χ0n) is 14.9. The van der Waals surface area contributed by atoms with Gasteiger partial charge in [0.15, 0.2) is 5.11 Å². The topological polar surface area (TPSA) is 73.5 Å². The minimum atomic E-state index is -3.82. The van der Waals surface area contributed by atoms with Crippen LogP contribution in [0.15, 0.2) is 71.6 Å². The SMILES string of the molecule is CN(C)c1cccc2c(S(=O)(=O)NNC(=S)Nc3ccccc3)cccc12. The number of para-hydroxylation sites is 1. The maximum Gasteiger partial charge on any atom is 0.257 e. The van der Waals surface area contributed by atoms with Gasteiger partial charge in [0.2, 0.25) is 0 Å². The van der Waals surface area contributed by atoms with Gasteiger partial charge in [0.25, 0.3) is 10.0 Å². The number of benzene rings is 3. The number of thiocarbonyl (C=S) groups is 1. The monoisotopic (exact) mass is 400 g/mol. The lowest BCUT2D eigenvalue weighted by atomic mass is 10.1. The molecule has 0 aliphatic carbocycles. The van der Waals surface area contributed by atoms with Gasteiger partial charge in [-0.1, -0.05) is 42.5 Å². The van der Waals surface area contributed by atoms with E-state index in [1.807, 2.05) is 67.5 Å². The van der Waals surface area contributed by atoms with Crippen LogP contribution in [0.2, 0.25) is 0 Å². The number of hydrogen-bond acceptors (Lipinski definition) is 4. The first-order valence-corrected chi connectivity index (χ1v) is 10.1. The minimum Gasteiger partial charge on any atom is -0.377 e. The third-order valence-electron chi connectivity index (χ3n) is 3.96. The summed E-state index contributed by atoms with van der Waals surface area (Å²) in [5, 5.41) is 4.56. The second-order valence-electron chi connectivity index (χ2n) is 6.07. The highest BCUT2D eigenvalue weighted by atomic mass is 32.2. The summed E-state index contributed by atoms with van der Waals surface area (Å²) in [7, 11) is 0.0163. The molecule has 6 nitrogen and oxygen atoms in total. The lowest BCUT2D eigenvalue weighted by Crippen LogP contribution is -2.43. The van der Waals surface area contributed by atoms with E-state index in [-0.39, 0.29) is 10.0 Å². The molecule has 0 saturated carbocycles.